The molecule has 0 radical (unpaired) electrons. The highest BCUT2D eigenvalue weighted by atomic mass is 16.6. The van der Waals surface area contributed by atoms with Crippen molar-refractivity contribution in [2.75, 3.05) is 39.4 Å². The Labute approximate surface area is 307 Å². The van der Waals surface area contributed by atoms with Crippen LogP contribution in [0.1, 0.15) is 89.5 Å². The Kier molecular flexibility index (Phi) is 9.53. The summed E-state index contributed by atoms with van der Waals surface area (Å²) in [4.78, 5) is 31.3. The lowest BCUT2D eigenvalue weighted by Crippen LogP contribution is -2.57. The molecule has 1 N–H and O–H groups in total. The normalized spacial score (nSPS) is 25.2. The number of aromatic hydroxyl groups is 1. The molecule has 52 heavy (non-hydrogen) atoms. The molecule has 0 unspecified atom stereocenters. The van der Waals surface area contributed by atoms with Gasteiger partial charge < -0.3 is 33.9 Å². The van der Waals surface area contributed by atoms with Crippen LogP contribution < -0.4 is 4.74 Å². The summed E-state index contributed by atoms with van der Waals surface area (Å²) in [6.07, 6.45) is 3.20. The molecule has 2 saturated heterocycles. The average Bonchev–Trinajstić information content (AvgIpc) is 3.29. The number of carbonyl (C=O) groups excluding carboxylic acids is 2. The number of amides is 2. The van der Waals surface area contributed by atoms with E-state index < -0.39 is 28.8 Å². The van der Waals surface area contributed by atoms with Crippen LogP contribution in [0.2, 0.25) is 0 Å². The number of carbonyl (C=O) groups is 2. The van der Waals surface area contributed by atoms with Gasteiger partial charge in [0.1, 0.15) is 17.8 Å². The van der Waals surface area contributed by atoms with Gasteiger partial charge in [-0.3, -0.25) is 0 Å². The van der Waals surface area contributed by atoms with E-state index in [1.807, 2.05) is 57.2 Å². The van der Waals surface area contributed by atoms with Gasteiger partial charge in [0.2, 0.25) is 0 Å². The molecule has 0 aromatic heterocycles. The average molecular weight is 709 g/mol. The molecule has 276 valence electrons. The van der Waals surface area contributed by atoms with E-state index in [2.05, 4.69) is 51.1 Å². The van der Waals surface area contributed by atoms with Gasteiger partial charge in [-0.2, -0.15) is 0 Å². The van der Waals surface area contributed by atoms with Crippen molar-refractivity contribution in [3.8, 4) is 22.6 Å². The maximum Gasteiger partial charge on any atom is 0.410 e. The fourth-order valence-electron chi connectivity index (χ4n) is 8.73. The minimum Gasteiger partial charge on any atom is -0.504 e. The van der Waals surface area contributed by atoms with E-state index in [4.69, 9.17) is 18.9 Å². The van der Waals surface area contributed by atoms with Crippen molar-refractivity contribution in [3.05, 3.63) is 95.1 Å². The molecule has 1 aliphatic carbocycles. The van der Waals surface area contributed by atoms with Crippen LogP contribution >= 0.6 is 0 Å². The summed E-state index contributed by atoms with van der Waals surface area (Å²) in [5.74, 6) is 0.381. The number of phenols is 1. The van der Waals surface area contributed by atoms with E-state index in [0.717, 1.165) is 23.1 Å². The molecule has 3 aromatic carbocycles. The van der Waals surface area contributed by atoms with Crippen LogP contribution in [0, 0.1) is 11.3 Å². The molecule has 1 spiro atoms. The van der Waals surface area contributed by atoms with Crippen LogP contribution in [0.15, 0.2) is 78.4 Å². The van der Waals surface area contributed by atoms with E-state index in [1.54, 1.807) is 15.9 Å². The predicted octanol–water partition coefficient (Wildman–Crippen LogP) is 8.86. The molecule has 4 aliphatic rings. The van der Waals surface area contributed by atoms with Crippen LogP contribution in [-0.4, -0.2) is 77.7 Å². The van der Waals surface area contributed by atoms with Crippen LogP contribution in [0.25, 0.3) is 11.1 Å². The Bertz CT molecular complexity index is 1820. The lowest BCUT2D eigenvalue weighted by molar-refractivity contribution is -0.175. The molecule has 3 aromatic rings. The third-order valence-corrected chi connectivity index (χ3v) is 11.2. The summed E-state index contributed by atoms with van der Waals surface area (Å²) in [7, 11) is 0. The highest BCUT2D eigenvalue weighted by Crippen LogP contribution is 2.57. The van der Waals surface area contributed by atoms with Gasteiger partial charge in [-0.1, -0.05) is 72.3 Å². The van der Waals surface area contributed by atoms with Crippen molar-refractivity contribution in [2.24, 2.45) is 11.3 Å². The highest BCUT2D eigenvalue weighted by Gasteiger charge is 2.56. The lowest BCUT2D eigenvalue weighted by atomic mass is 9.65. The first-order valence-corrected chi connectivity index (χ1v) is 18.6. The Balaban J connectivity index is 1.18. The number of phenolic OH excluding ortho intramolecular Hbond substituents is 1. The Hall–Kier alpha value is -4.50. The molecule has 7 rings (SSSR count). The van der Waals surface area contributed by atoms with Crippen LogP contribution in [0.5, 0.6) is 11.5 Å². The predicted molar refractivity (Wildman–Crippen MR) is 199 cm³/mol. The number of hydrogen-bond acceptors (Lipinski definition) is 7. The van der Waals surface area contributed by atoms with Gasteiger partial charge in [-0.05, 0) is 89.1 Å². The van der Waals surface area contributed by atoms with E-state index >= 15 is 0 Å². The van der Waals surface area contributed by atoms with Crippen LogP contribution in [0.4, 0.5) is 9.59 Å². The standard InChI is InChI=1S/C43H52N2O7/c1-28(2)13-12-20-42(6)35-23-43(27-50-37(35)33-18-11-19-36(46)38(33)51-42)25-44(21-22-45(26-43)40(48)52-41(3,4)5)39(47)49-24-34-31-16-9-7-14-29(31)30-15-8-10-17-32(30)34/h7-11,13-19,34-35,37,46H,12,20-27H2,1-6H3/t35-,37+,42+,43+/m1/s1. The van der Waals surface area contributed by atoms with E-state index in [-0.39, 0.29) is 30.3 Å². The number of ether oxygens (including phenoxy) is 4. The first-order chi connectivity index (χ1) is 24.8. The number of benzene rings is 3. The third-order valence-electron chi connectivity index (χ3n) is 11.2. The maximum absolute atomic E-state index is 14.1. The van der Waals surface area contributed by atoms with Crippen LogP contribution in [0.3, 0.4) is 0 Å². The zero-order valence-corrected chi connectivity index (χ0v) is 31.3. The summed E-state index contributed by atoms with van der Waals surface area (Å²) < 4.78 is 25.7. The molecule has 9 nitrogen and oxygen atoms in total. The van der Waals surface area contributed by atoms with E-state index in [9.17, 15) is 14.7 Å². The van der Waals surface area contributed by atoms with Gasteiger partial charge in [-0.25, -0.2) is 9.59 Å². The number of para-hydroxylation sites is 1. The summed E-state index contributed by atoms with van der Waals surface area (Å²) in [5, 5.41) is 10.9. The van der Waals surface area contributed by atoms with Crippen molar-refractivity contribution < 1.29 is 33.6 Å². The second-order valence-corrected chi connectivity index (χ2v) is 16.6. The Morgan fingerprint density at radius 1 is 0.904 bits per heavy atom. The Morgan fingerprint density at radius 2 is 1.52 bits per heavy atom. The molecular formula is C43H52N2O7. The SMILES string of the molecule is CC(C)=CCC[C@]1(C)Oc2c(O)cccc2[C@@H]2OC[C@@]3(C[C@H]21)CN(C(=O)OCC1c2ccccc2-c2ccccc21)CCN(C(=O)OC(C)(C)C)C3. The second kappa shape index (κ2) is 13.8. The fraction of sp³-hybridized carbons (Fsp3) is 0.488. The number of hydrogen-bond donors (Lipinski definition) is 1. The summed E-state index contributed by atoms with van der Waals surface area (Å²) in [6.45, 7) is 13.7. The lowest BCUT2D eigenvalue weighted by Gasteiger charge is -2.54. The second-order valence-electron chi connectivity index (χ2n) is 16.6. The van der Waals surface area contributed by atoms with Gasteiger partial charge in [0, 0.05) is 49.0 Å². The molecular weight excluding hydrogens is 656 g/mol. The van der Waals surface area contributed by atoms with Crippen molar-refractivity contribution in [3.63, 3.8) is 0 Å². The molecule has 3 heterocycles. The summed E-state index contributed by atoms with van der Waals surface area (Å²) >= 11 is 0. The number of allylic oxidation sites excluding steroid dienone is 2. The molecule has 0 saturated carbocycles. The number of rotatable bonds is 5. The van der Waals surface area contributed by atoms with E-state index in [0.29, 0.717) is 51.4 Å². The third kappa shape index (κ3) is 6.99. The smallest absolute Gasteiger partial charge is 0.410 e. The summed E-state index contributed by atoms with van der Waals surface area (Å²) in [6, 6.07) is 22.0. The van der Waals surface area contributed by atoms with Gasteiger partial charge in [-0.15, -0.1) is 0 Å². The minimum absolute atomic E-state index is 0.0632. The molecule has 2 amide bonds. The van der Waals surface area contributed by atoms with Gasteiger partial charge in [0.05, 0.1) is 12.7 Å². The molecule has 4 atom stereocenters. The molecule has 0 bridgehead atoms. The van der Waals surface area contributed by atoms with Crippen molar-refractivity contribution in [1.29, 1.82) is 0 Å². The zero-order valence-electron chi connectivity index (χ0n) is 31.3. The van der Waals surface area contributed by atoms with Crippen LogP contribution in [-0.2, 0) is 14.2 Å². The first kappa shape index (κ1) is 35.9. The monoisotopic (exact) mass is 708 g/mol. The van der Waals surface area contributed by atoms with E-state index in [1.165, 1.54) is 16.7 Å². The number of nitrogens with zero attached hydrogens (tertiary/aromatic N) is 2. The summed E-state index contributed by atoms with van der Waals surface area (Å²) in [5.41, 5.74) is 4.72. The topological polar surface area (TPSA) is 97.8 Å². The minimum atomic E-state index is -0.687. The van der Waals surface area contributed by atoms with Crippen molar-refractivity contribution >= 4 is 12.2 Å². The molecule has 9 heteroatoms. The van der Waals surface area contributed by atoms with Crippen molar-refractivity contribution in [1.82, 2.24) is 9.80 Å². The molecule has 3 aliphatic heterocycles. The first-order valence-electron chi connectivity index (χ1n) is 18.6. The highest BCUT2D eigenvalue weighted by molar-refractivity contribution is 5.79. The largest absolute Gasteiger partial charge is 0.504 e. The fourth-order valence-corrected chi connectivity index (χ4v) is 8.73. The van der Waals surface area contributed by atoms with Gasteiger partial charge in [0.15, 0.2) is 11.5 Å². The molecule has 2 fully saturated rings. The van der Waals surface area contributed by atoms with Crippen molar-refractivity contribution in [2.45, 2.75) is 84.0 Å². The van der Waals surface area contributed by atoms with Gasteiger partial charge >= 0.3 is 12.2 Å². The zero-order chi connectivity index (χ0) is 36.8. The quantitative estimate of drug-likeness (QED) is 0.265. The number of fused-ring (bicyclic) bond motifs is 6. The Morgan fingerprint density at radius 3 is 2.15 bits per heavy atom. The maximum atomic E-state index is 14.1. The van der Waals surface area contributed by atoms with Gasteiger partial charge in [0.25, 0.3) is 0 Å².